The molecule has 1 heterocycles. The van der Waals surface area contributed by atoms with E-state index >= 15 is 0 Å². The third-order valence-electron chi connectivity index (χ3n) is 3.18. The van der Waals surface area contributed by atoms with Gasteiger partial charge in [-0.25, -0.2) is 0 Å². The predicted octanol–water partition coefficient (Wildman–Crippen LogP) is 2.97. The second-order valence-electron chi connectivity index (χ2n) is 4.76. The van der Waals surface area contributed by atoms with Crippen molar-refractivity contribution in [2.45, 2.75) is 31.1 Å². The van der Waals surface area contributed by atoms with Gasteiger partial charge in [-0.15, -0.1) is 0 Å². The minimum absolute atomic E-state index is 0.257. The third kappa shape index (κ3) is 3.25. The lowest BCUT2D eigenvalue weighted by Gasteiger charge is -2.36. The van der Waals surface area contributed by atoms with Crippen LogP contribution in [0.1, 0.15) is 25.3 Å². The molecule has 1 saturated heterocycles. The summed E-state index contributed by atoms with van der Waals surface area (Å²) in [5, 5.41) is 0. The topological polar surface area (TPSA) is 3.24 Å². The van der Waals surface area contributed by atoms with Crippen molar-refractivity contribution >= 4 is 12.6 Å². The summed E-state index contributed by atoms with van der Waals surface area (Å²) >= 11 is 4.66. The van der Waals surface area contributed by atoms with E-state index in [0.29, 0.717) is 0 Å². The fraction of sp³-hybridized carbons (Fsp3) is 0.538. The van der Waals surface area contributed by atoms with Crippen LogP contribution in [0, 0.1) is 0 Å². The maximum atomic E-state index is 4.66. The van der Waals surface area contributed by atoms with Crippen LogP contribution in [0.4, 0.5) is 0 Å². The van der Waals surface area contributed by atoms with Gasteiger partial charge in [0, 0.05) is 11.3 Å². The molecule has 1 fully saturated rings. The molecule has 1 aromatic rings. The number of rotatable bonds is 2. The maximum Gasteiger partial charge on any atom is 0.0233 e. The Balaban J connectivity index is 1.88. The zero-order chi connectivity index (χ0) is 10.7. The van der Waals surface area contributed by atoms with Crippen LogP contribution in [-0.4, -0.2) is 22.7 Å². The van der Waals surface area contributed by atoms with Crippen molar-refractivity contribution in [3.8, 4) is 0 Å². The van der Waals surface area contributed by atoms with Crippen molar-refractivity contribution in [3.05, 3.63) is 35.9 Å². The first-order valence-corrected chi connectivity index (χ1v) is 6.09. The van der Waals surface area contributed by atoms with E-state index in [2.05, 4.69) is 54.8 Å². The summed E-state index contributed by atoms with van der Waals surface area (Å²) in [4.78, 5) is 2.52. The molecule has 15 heavy (non-hydrogen) atoms. The lowest BCUT2D eigenvalue weighted by molar-refractivity contribution is 0.199. The Morgan fingerprint density at radius 1 is 1.20 bits per heavy atom. The minimum atomic E-state index is 0.257. The van der Waals surface area contributed by atoms with Gasteiger partial charge in [0.2, 0.25) is 0 Å². The monoisotopic (exact) mass is 221 g/mol. The summed E-state index contributed by atoms with van der Waals surface area (Å²) in [6, 6.07) is 10.7. The van der Waals surface area contributed by atoms with Gasteiger partial charge in [-0.1, -0.05) is 37.3 Å². The van der Waals surface area contributed by atoms with Crippen LogP contribution in [-0.2, 0) is 6.54 Å². The molecule has 1 aromatic carbocycles. The Morgan fingerprint density at radius 3 is 2.40 bits per heavy atom. The predicted molar refractivity (Wildman–Crippen MR) is 68.3 cm³/mol. The van der Waals surface area contributed by atoms with Crippen molar-refractivity contribution in [2.75, 3.05) is 13.1 Å². The first-order valence-electron chi connectivity index (χ1n) is 5.64. The van der Waals surface area contributed by atoms with Crippen LogP contribution in [0.15, 0.2) is 30.3 Å². The summed E-state index contributed by atoms with van der Waals surface area (Å²) in [5.74, 6) is 0. The van der Waals surface area contributed by atoms with E-state index in [4.69, 9.17) is 0 Å². The molecule has 1 aliphatic heterocycles. The van der Waals surface area contributed by atoms with Crippen molar-refractivity contribution in [3.63, 3.8) is 0 Å². The molecule has 0 atom stereocenters. The SMILES string of the molecule is CC1(S)CCN(Cc2ccccc2)CC1. The van der Waals surface area contributed by atoms with E-state index in [1.165, 1.54) is 31.5 Å². The van der Waals surface area contributed by atoms with Gasteiger partial charge in [-0.2, -0.15) is 12.6 Å². The molecule has 1 nitrogen and oxygen atoms in total. The maximum absolute atomic E-state index is 4.66. The van der Waals surface area contributed by atoms with E-state index in [9.17, 15) is 0 Å². The highest BCUT2D eigenvalue weighted by atomic mass is 32.1. The molecule has 82 valence electrons. The second-order valence-corrected chi connectivity index (χ2v) is 5.84. The Morgan fingerprint density at radius 2 is 1.80 bits per heavy atom. The number of piperidine rings is 1. The lowest BCUT2D eigenvalue weighted by Crippen LogP contribution is -2.39. The number of nitrogens with zero attached hydrogens (tertiary/aromatic N) is 1. The molecule has 0 aliphatic carbocycles. The molecular formula is C13H19NS. The highest BCUT2D eigenvalue weighted by Crippen LogP contribution is 2.28. The average Bonchev–Trinajstić information content (AvgIpc) is 2.23. The van der Waals surface area contributed by atoms with E-state index < -0.39 is 0 Å². The standard InChI is InChI=1S/C13H19NS/c1-13(15)7-9-14(10-8-13)11-12-5-3-2-4-6-12/h2-6,15H,7-11H2,1H3. The van der Waals surface area contributed by atoms with Crippen molar-refractivity contribution in [1.29, 1.82) is 0 Å². The normalized spacial score (nSPS) is 21.5. The summed E-state index contributed by atoms with van der Waals surface area (Å²) in [7, 11) is 0. The van der Waals surface area contributed by atoms with E-state index in [1.807, 2.05) is 0 Å². The summed E-state index contributed by atoms with van der Waals surface area (Å²) in [6.07, 6.45) is 2.39. The molecule has 2 heteroatoms. The highest BCUT2D eigenvalue weighted by Gasteiger charge is 2.25. The average molecular weight is 221 g/mol. The number of likely N-dealkylation sites (tertiary alicyclic amines) is 1. The van der Waals surface area contributed by atoms with Crippen LogP contribution in [0.3, 0.4) is 0 Å². The quantitative estimate of drug-likeness (QED) is 0.751. The molecule has 0 unspecified atom stereocenters. The molecular weight excluding hydrogens is 202 g/mol. The summed E-state index contributed by atoms with van der Waals surface area (Å²) in [6.45, 7) is 5.68. The first kappa shape index (κ1) is 11.0. The van der Waals surface area contributed by atoms with E-state index in [1.54, 1.807) is 0 Å². The van der Waals surface area contributed by atoms with Gasteiger partial charge >= 0.3 is 0 Å². The van der Waals surface area contributed by atoms with Gasteiger partial charge in [0.1, 0.15) is 0 Å². The van der Waals surface area contributed by atoms with Crippen LogP contribution < -0.4 is 0 Å². The van der Waals surface area contributed by atoms with Gasteiger partial charge in [0.15, 0.2) is 0 Å². The second kappa shape index (κ2) is 4.58. The van der Waals surface area contributed by atoms with E-state index in [0.717, 1.165) is 6.54 Å². The van der Waals surface area contributed by atoms with Crippen molar-refractivity contribution in [2.24, 2.45) is 0 Å². The van der Waals surface area contributed by atoms with Crippen LogP contribution in [0.2, 0.25) is 0 Å². The molecule has 0 aromatic heterocycles. The molecule has 0 bridgehead atoms. The molecule has 0 N–H and O–H groups in total. The van der Waals surface area contributed by atoms with Crippen LogP contribution in [0.5, 0.6) is 0 Å². The Kier molecular flexibility index (Phi) is 3.37. The number of hydrogen-bond acceptors (Lipinski definition) is 2. The van der Waals surface area contributed by atoms with Crippen molar-refractivity contribution < 1.29 is 0 Å². The smallest absolute Gasteiger partial charge is 0.0233 e. The zero-order valence-electron chi connectivity index (χ0n) is 9.32. The van der Waals surface area contributed by atoms with Crippen molar-refractivity contribution in [1.82, 2.24) is 4.90 Å². The molecule has 0 amide bonds. The summed E-state index contributed by atoms with van der Waals surface area (Å²) < 4.78 is 0.257. The van der Waals surface area contributed by atoms with Gasteiger partial charge in [0.05, 0.1) is 0 Å². The number of hydrogen-bond donors (Lipinski definition) is 1. The fourth-order valence-corrected chi connectivity index (χ4v) is 2.23. The van der Waals surface area contributed by atoms with Gasteiger partial charge < -0.3 is 0 Å². The zero-order valence-corrected chi connectivity index (χ0v) is 10.2. The molecule has 0 radical (unpaired) electrons. The fourth-order valence-electron chi connectivity index (χ4n) is 2.03. The van der Waals surface area contributed by atoms with Gasteiger partial charge in [-0.3, -0.25) is 4.90 Å². The minimum Gasteiger partial charge on any atom is -0.299 e. The Labute approximate surface area is 97.9 Å². The molecule has 1 aliphatic rings. The van der Waals surface area contributed by atoms with Crippen LogP contribution in [0.25, 0.3) is 0 Å². The third-order valence-corrected chi connectivity index (χ3v) is 3.63. The molecule has 2 rings (SSSR count). The van der Waals surface area contributed by atoms with Gasteiger partial charge in [-0.05, 0) is 31.5 Å². The Bertz CT molecular complexity index is 298. The number of benzene rings is 1. The van der Waals surface area contributed by atoms with Gasteiger partial charge in [0.25, 0.3) is 0 Å². The molecule has 0 saturated carbocycles. The first-order chi connectivity index (χ1) is 7.16. The largest absolute Gasteiger partial charge is 0.299 e. The highest BCUT2D eigenvalue weighted by molar-refractivity contribution is 7.81. The lowest BCUT2D eigenvalue weighted by atomic mass is 9.97. The van der Waals surface area contributed by atoms with Crippen LogP contribution >= 0.6 is 12.6 Å². The summed E-state index contributed by atoms with van der Waals surface area (Å²) in [5.41, 5.74) is 1.42. The van der Waals surface area contributed by atoms with E-state index in [-0.39, 0.29) is 4.75 Å². The molecule has 0 spiro atoms. The Hall–Kier alpha value is -0.470. The number of thiol groups is 1.